The van der Waals surface area contributed by atoms with Crippen molar-refractivity contribution in [3.8, 4) is 0 Å². The lowest BCUT2D eigenvalue weighted by Crippen LogP contribution is -2.01. The van der Waals surface area contributed by atoms with Gasteiger partial charge in [0, 0.05) is 0 Å². The number of allylic oxidation sites excluding steroid dienone is 4. The monoisotopic (exact) mass is 192 g/mol. The van der Waals surface area contributed by atoms with Crippen LogP contribution in [0.2, 0.25) is 0 Å². The van der Waals surface area contributed by atoms with E-state index in [0.29, 0.717) is 0 Å². The summed E-state index contributed by atoms with van der Waals surface area (Å²) >= 11 is 0. The molecule has 1 rings (SSSR count). The minimum absolute atomic E-state index is 0.242. The van der Waals surface area contributed by atoms with Gasteiger partial charge >= 0.3 is 0 Å². The molecule has 0 aliphatic heterocycles. The van der Waals surface area contributed by atoms with Crippen molar-refractivity contribution < 1.29 is 4.79 Å². The second-order valence-electron chi connectivity index (χ2n) is 3.86. The molecule has 0 unspecified atom stereocenters. The summed E-state index contributed by atoms with van der Waals surface area (Å²) in [5.41, 5.74) is 2.49. The maximum atomic E-state index is 11.8. The smallest absolute Gasteiger partial charge is 0.181 e. The van der Waals surface area contributed by atoms with Gasteiger partial charge in [-0.2, -0.15) is 0 Å². The molecule has 0 aromatic rings. The summed E-state index contributed by atoms with van der Waals surface area (Å²) in [6.45, 7) is 4.06. The molecule has 0 aromatic heterocycles. The molecular weight excluding hydrogens is 172 g/mol. The quantitative estimate of drug-likeness (QED) is 0.621. The summed E-state index contributed by atoms with van der Waals surface area (Å²) in [7, 11) is 0. The molecular formula is C13H20O. The molecule has 14 heavy (non-hydrogen) atoms. The Balaban J connectivity index is 2.86. The van der Waals surface area contributed by atoms with Gasteiger partial charge in [0.15, 0.2) is 5.78 Å². The molecule has 0 amide bonds. The molecule has 0 heterocycles. The first-order valence-corrected chi connectivity index (χ1v) is 5.67. The van der Waals surface area contributed by atoms with E-state index in [1.54, 1.807) is 6.08 Å². The Kier molecular flexibility index (Phi) is 4.64. The molecule has 78 valence electrons. The SMILES string of the molecule is C/C=C/C(=O)C1=C(CC)CCCCC1. The Morgan fingerprint density at radius 1 is 1.29 bits per heavy atom. The zero-order valence-corrected chi connectivity index (χ0v) is 9.31. The molecule has 1 heteroatoms. The van der Waals surface area contributed by atoms with Crippen LogP contribution >= 0.6 is 0 Å². The van der Waals surface area contributed by atoms with Crippen molar-refractivity contribution in [2.45, 2.75) is 52.4 Å². The van der Waals surface area contributed by atoms with Crippen molar-refractivity contribution >= 4 is 5.78 Å². The average Bonchev–Trinajstić information content (AvgIpc) is 2.42. The van der Waals surface area contributed by atoms with Gasteiger partial charge in [-0.25, -0.2) is 0 Å². The molecule has 1 nitrogen and oxygen atoms in total. The van der Waals surface area contributed by atoms with Crippen molar-refractivity contribution in [1.29, 1.82) is 0 Å². The van der Waals surface area contributed by atoms with E-state index < -0.39 is 0 Å². The van der Waals surface area contributed by atoms with Gasteiger partial charge in [-0.3, -0.25) is 4.79 Å². The predicted octanol–water partition coefficient (Wildman–Crippen LogP) is 3.80. The molecule has 0 aromatic carbocycles. The van der Waals surface area contributed by atoms with E-state index in [4.69, 9.17) is 0 Å². The van der Waals surface area contributed by atoms with Gasteiger partial charge < -0.3 is 0 Å². The summed E-state index contributed by atoms with van der Waals surface area (Å²) in [6.07, 6.45) is 10.4. The first-order chi connectivity index (χ1) is 6.79. The lowest BCUT2D eigenvalue weighted by atomic mass is 9.97. The van der Waals surface area contributed by atoms with E-state index >= 15 is 0 Å². The molecule has 0 fully saturated rings. The van der Waals surface area contributed by atoms with Crippen LogP contribution in [0.1, 0.15) is 52.4 Å². The van der Waals surface area contributed by atoms with Gasteiger partial charge in [0.05, 0.1) is 0 Å². The van der Waals surface area contributed by atoms with Gasteiger partial charge in [0.25, 0.3) is 0 Å². The number of hydrogen-bond acceptors (Lipinski definition) is 1. The van der Waals surface area contributed by atoms with E-state index in [9.17, 15) is 4.79 Å². The minimum atomic E-state index is 0.242. The standard InChI is InChI=1S/C13H20O/c1-3-8-13(14)12-10-7-5-6-9-11(12)4-2/h3,8H,4-7,9-10H2,1-2H3/b8-3+. The van der Waals surface area contributed by atoms with Crippen molar-refractivity contribution in [2.24, 2.45) is 0 Å². The van der Waals surface area contributed by atoms with Gasteiger partial charge in [-0.15, -0.1) is 0 Å². The van der Waals surface area contributed by atoms with E-state index in [-0.39, 0.29) is 5.78 Å². The summed E-state index contributed by atoms with van der Waals surface area (Å²) in [6, 6.07) is 0. The molecule has 1 aliphatic rings. The average molecular weight is 192 g/mol. The highest BCUT2D eigenvalue weighted by atomic mass is 16.1. The van der Waals surface area contributed by atoms with Gasteiger partial charge in [0.2, 0.25) is 0 Å². The topological polar surface area (TPSA) is 17.1 Å². The fraction of sp³-hybridized carbons (Fsp3) is 0.615. The summed E-state index contributed by atoms with van der Waals surface area (Å²) in [5, 5.41) is 0. The van der Waals surface area contributed by atoms with Crippen LogP contribution < -0.4 is 0 Å². The highest BCUT2D eigenvalue weighted by Gasteiger charge is 2.14. The van der Waals surface area contributed by atoms with Crippen LogP contribution in [-0.2, 0) is 4.79 Å². The van der Waals surface area contributed by atoms with Crippen LogP contribution in [-0.4, -0.2) is 5.78 Å². The first kappa shape index (κ1) is 11.2. The Morgan fingerprint density at radius 3 is 2.64 bits per heavy atom. The van der Waals surface area contributed by atoms with Crippen LogP contribution in [0.25, 0.3) is 0 Å². The Labute approximate surface area is 86.9 Å². The van der Waals surface area contributed by atoms with E-state index in [1.807, 2.05) is 13.0 Å². The number of ketones is 1. The molecule has 0 N–H and O–H groups in total. The number of carbonyl (C=O) groups is 1. The molecule has 0 atom stereocenters. The van der Waals surface area contributed by atoms with Crippen molar-refractivity contribution in [1.82, 2.24) is 0 Å². The van der Waals surface area contributed by atoms with E-state index in [0.717, 1.165) is 24.8 Å². The number of carbonyl (C=O) groups excluding carboxylic acids is 1. The highest BCUT2D eigenvalue weighted by molar-refractivity contribution is 6.04. The van der Waals surface area contributed by atoms with Crippen LogP contribution in [0.3, 0.4) is 0 Å². The van der Waals surface area contributed by atoms with Crippen LogP contribution in [0.15, 0.2) is 23.3 Å². The fourth-order valence-electron chi connectivity index (χ4n) is 2.08. The first-order valence-electron chi connectivity index (χ1n) is 5.67. The molecule has 0 radical (unpaired) electrons. The minimum Gasteiger partial charge on any atom is -0.290 e. The maximum Gasteiger partial charge on any atom is 0.181 e. The van der Waals surface area contributed by atoms with Crippen molar-refractivity contribution in [3.05, 3.63) is 23.3 Å². The third kappa shape index (κ3) is 2.83. The van der Waals surface area contributed by atoms with Crippen LogP contribution in [0.5, 0.6) is 0 Å². The maximum absolute atomic E-state index is 11.8. The summed E-state index contributed by atoms with van der Waals surface area (Å²) in [4.78, 5) is 11.8. The predicted molar refractivity (Wildman–Crippen MR) is 60.2 cm³/mol. The molecule has 0 saturated carbocycles. The summed E-state index contributed by atoms with van der Waals surface area (Å²) in [5.74, 6) is 0.242. The van der Waals surface area contributed by atoms with E-state index in [2.05, 4.69) is 6.92 Å². The van der Waals surface area contributed by atoms with Crippen molar-refractivity contribution in [3.63, 3.8) is 0 Å². The number of hydrogen-bond donors (Lipinski definition) is 0. The zero-order chi connectivity index (χ0) is 10.4. The molecule has 1 aliphatic carbocycles. The molecule has 0 saturated heterocycles. The summed E-state index contributed by atoms with van der Waals surface area (Å²) < 4.78 is 0. The third-order valence-electron chi connectivity index (χ3n) is 2.87. The largest absolute Gasteiger partial charge is 0.290 e. The van der Waals surface area contributed by atoms with Crippen LogP contribution in [0, 0.1) is 0 Å². The second-order valence-corrected chi connectivity index (χ2v) is 3.86. The van der Waals surface area contributed by atoms with Crippen molar-refractivity contribution in [2.75, 3.05) is 0 Å². The van der Waals surface area contributed by atoms with E-state index in [1.165, 1.54) is 24.8 Å². The highest BCUT2D eigenvalue weighted by Crippen LogP contribution is 2.26. The molecule has 0 bridgehead atoms. The lowest BCUT2D eigenvalue weighted by molar-refractivity contribution is -0.111. The number of rotatable bonds is 3. The third-order valence-corrected chi connectivity index (χ3v) is 2.87. The van der Waals surface area contributed by atoms with Crippen LogP contribution in [0.4, 0.5) is 0 Å². The van der Waals surface area contributed by atoms with Gasteiger partial charge in [-0.1, -0.05) is 25.0 Å². The zero-order valence-electron chi connectivity index (χ0n) is 9.31. The Morgan fingerprint density at radius 2 is 2.00 bits per heavy atom. The lowest BCUT2D eigenvalue weighted by Gasteiger charge is -2.07. The Bertz CT molecular complexity index is 258. The van der Waals surface area contributed by atoms with Gasteiger partial charge in [-0.05, 0) is 50.7 Å². The Hall–Kier alpha value is -0.850. The fourth-order valence-corrected chi connectivity index (χ4v) is 2.08. The molecule has 0 spiro atoms. The normalized spacial score (nSPS) is 18.7. The second kappa shape index (κ2) is 5.79. The van der Waals surface area contributed by atoms with Gasteiger partial charge in [0.1, 0.15) is 0 Å².